The summed E-state index contributed by atoms with van der Waals surface area (Å²) in [6.07, 6.45) is 4.59. The monoisotopic (exact) mass is 252 g/mol. The summed E-state index contributed by atoms with van der Waals surface area (Å²) in [5.74, 6) is 0. The fourth-order valence-corrected chi connectivity index (χ4v) is 1.91. The Bertz CT molecular complexity index is 540. The predicted octanol–water partition coefficient (Wildman–Crippen LogP) is 2.49. The number of nitrogens with zero attached hydrogens (tertiary/aromatic N) is 5. The van der Waals surface area contributed by atoms with Crippen molar-refractivity contribution >= 4 is 5.69 Å². The van der Waals surface area contributed by atoms with Crippen LogP contribution in [0.2, 0.25) is 0 Å². The van der Waals surface area contributed by atoms with E-state index in [-0.39, 0.29) is 0 Å². The number of anilines is 1. The molecular formula is C14H14N5. The first-order valence-electron chi connectivity index (χ1n) is 6.21. The second kappa shape index (κ2) is 5.48. The van der Waals surface area contributed by atoms with Crippen LogP contribution in [0.25, 0.3) is 0 Å². The van der Waals surface area contributed by atoms with Crippen LogP contribution >= 0.6 is 0 Å². The third-order valence-corrected chi connectivity index (χ3v) is 2.94. The first-order chi connectivity index (χ1) is 9.42. The van der Waals surface area contributed by atoms with E-state index in [0.717, 1.165) is 18.7 Å². The number of aromatic nitrogens is 1. The maximum absolute atomic E-state index is 4.16. The molecule has 1 aromatic carbocycles. The van der Waals surface area contributed by atoms with E-state index < -0.39 is 0 Å². The second-order valence-electron chi connectivity index (χ2n) is 4.32. The number of hydrogen-bond acceptors (Lipinski definition) is 5. The summed E-state index contributed by atoms with van der Waals surface area (Å²) in [5, 5.41) is 12.1. The third kappa shape index (κ3) is 2.88. The van der Waals surface area contributed by atoms with Gasteiger partial charge in [-0.05, 0) is 41.5 Å². The lowest BCUT2D eigenvalue weighted by Crippen LogP contribution is -2.26. The van der Waals surface area contributed by atoms with E-state index in [1.165, 1.54) is 5.56 Å². The van der Waals surface area contributed by atoms with Crippen LogP contribution in [0.1, 0.15) is 5.56 Å². The van der Waals surface area contributed by atoms with Gasteiger partial charge in [0.05, 0.1) is 5.69 Å². The lowest BCUT2D eigenvalue weighted by Gasteiger charge is -2.16. The highest BCUT2D eigenvalue weighted by atomic mass is 15.8. The van der Waals surface area contributed by atoms with Gasteiger partial charge in [0.15, 0.2) is 0 Å². The van der Waals surface area contributed by atoms with E-state index in [9.17, 15) is 0 Å². The Hall–Kier alpha value is -2.43. The normalized spacial score (nSPS) is 14.1. The van der Waals surface area contributed by atoms with Crippen LogP contribution in [-0.2, 0) is 6.42 Å². The van der Waals surface area contributed by atoms with Crippen LogP contribution in [0.3, 0.4) is 0 Å². The highest BCUT2D eigenvalue weighted by Crippen LogP contribution is 2.18. The van der Waals surface area contributed by atoms with Gasteiger partial charge < -0.3 is 0 Å². The van der Waals surface area contributed by atoms with Crippen molar-refractivity contribution < 1.29 is 0 Å². The van der Waals surface area contributed by atoms with Crippen LogP contribution in [-0.4, -0.2) is 23.2 Å². The first kappa shape index (κ1) is 11.6. The third-order valence-electron chi connectivity index (χ3n) is 2.94. The van der Waals surface area contributed by atoms with Crippen molar-refractivity contribution in [1.82, 2.24) is 9.99 Å². The number of rotatable bonds is 4. The molecule has 1 radical (unpaired) electrons. The Kier molecular flexibility index (Phi) is 3.36. The quantitative estimate of drug-likeness (QED) is 0.839. The maximum atomic E-state index is 4.16. The predicted molar refractivity (Wildman–Crippen MR) is 72.1 cm³/mol. The Balaban J connectivity index is 1.54. The molecular weight excluding hydrogens is 238 g/mol. The molecule has 2 aromatic rings. The van der Waals surface area contributed by atoms with Crippen molar-refractivity contribution in [2.75, 3.05) is 18.2 Å². The Labute approximate surface area is 112 Å². The zero-order chi connectivity index (χ0) is 12.9. The Morgan fingerprint density at radius 2 is 2.21 bits per heavy atom. The fourth-order valence-electron chi connectivity index (χ4n) is 1.91. The van der Waals surface area contributed by atoms with Crippen LogP contribution in [0.15, 0.2) is 59.2 Å². The summed E-state index contributed by atoms with van der Waals surface area (Å²) in [6, 6.07) is 14.8. The van der Waals surface area contributed by atoms with Gasteiger partial charge in [-0.25, -0.2) is 5.01 Å². The van der Waals surface area contributed by atoms with Gasteiger partial charge in [0.1, 0.15) is 6.67 Å². The van der Waals surface area contributed by atoms with Crippen LogP contribution < -0.4 is 5.01 Å². The van der Waals surface area contributed by atoms with Crippen LogP contribution in [0, 0.1) is 6.07 Å². The molecule has 0 bridgehead atoms. The molecule has 1 aromatic heterocycles. The molecule has 95 valence electrons. The molecule has 3 rings (SSSR count). The number of hydrogen-bond donors (Lipinski definition) is 0. The van der Waals surface area contributed by atoms with Gasteiger partial charge in [-0.1, -0.05) is 23.4 Å². The Morgan fingerprint density at radius 3 is 3.00 bits per heavy atom. The summed E-state index contributed by atoms with van der Waals surface area (Å²) in [4.78, 5) is 4.11. The standard InChI is InChI=1S/C14H14N5/c1-2-6-14(7-3-1)19-12-18(16-17-19)10-8-13-5-4-9-15-11-13/h1-2,4-7,9,11H,8,10,12H2. The van der Waals surface area contributed by atoms with E-state index in [2.05, 4.69) is 27.6 Å². The molecule has 0 atom stereocenters. The molecule has 0 saturated carbocycles. The molecule has 5 nitrogen and oxygen atoms in total. The molecule has 1 aliphatic heterocycles. The molecule has 0 fully saturated rings. The van der Waals surface area contributed by atoms with Gasteiger partial charge in [-0.3, -0.25) is 9.99 Å². The Morgan fingerprint density at radius 1 is 1.21 bits per heavy atom. The van der Waals surface area contributed by atoms with Gasteiger partial charge in [0.2, 0.25) is 0 Å². The van der Waals surface area contributed by atoms with Crippen molar-refractivity contribution in [3.05, 3.63) is 60.4 Å². The molecule has 0 amide bonds. The SMILES string of the molecule is [c]1cccc(N2CN(CCc3cccnc3)N=N2)c1. The average molecular weight is 252 g/mol. The van der Waals surface area contributed by atoms with Crippen LogP contribution in [0.4, 0.5) is 5.69 Å². The largest absolute Gasteiger partial charge is 0.264 e. The van der Waals surface area contributed by atoms with E-state index in [4.69, 9.17) is 0 Å². The molecule has 0 saturated heterocycles. The summed E-state index contributed by atoms with van der Waals surface area (Å²) in [6.45, 7) is 1.51. The lowest BCUT2D eigenvalue weighted by molar-refractivity contribution is 0.320. The van der Waals surface area contributed by atoms with Gasteiger partial charge >= 0.3 is 0 Å². The minimum absolute atomic E-state index is 0.679. The molecule has 19 heavy (non-hydrogen) atoms. The highest BCUT2D eigenvalue weighted by Gasteiger charge is 2.16. The molecule has 0 aliphatic carbocycles. The zero-order valence-corrected chi connectivity index (χ0v) is 10.5. The van der Waals surface area contributed by atoms with Crippen molar-refractivity contribution in [3.8, 4) is 0 Å². The molecule has 0 spiro atoms. The number of pyridine rings is 1. The highest BCUT2D eigenvalue weighted by molar-refractivity contribution is 5.44. The van der Waals surface area contributed by atoms with Crippen molar-refractivity contribution in [2.45, 2.75) is 6.42 Å². The zero-order valence-electron chi connectivity index (χ0n) is 10.5. The minimum atomic E-state index is 0.679. The van der Waals surface area contributed by atoms with E-state index in [0.29, 0.717) is 6.67 Å². The molecule has 0 unspecified atom stereocenters. The van der Waals surface area contributed by atoms with E-state index in [1.54, 1.807) is 6.20 Å². The van der Waals surface area contributed by atoms with Gasteiger partial charge in [0, 0.05) is 18.9 Å². The molecule has 5 heteroatoms. The molecule has 2 heterocycles. The van der Waals surface area contributed by atoms with Gasteiger partial charge in [-0.2, -0.15) is 0 Å². The minimum Gasteiger partial charge on any atom is -0.264 e. The van der Waals surface area contributed by atoms with E-state index >= 15 is 0 Å². The van der Waals surface area contributed by atoms with Crippen LogP contribution in [0.5, 0.6) is 0 Å². The van der Waals surface area contributed by atoms with Gasteiger partial charge in [0.25, 0.3) is 0 Å². The smallest absolute Gasteiger partial charge is 0.132 e. The van der Waals surface area contributed by atoms with Crippen molar-refractivity contribution in [3.63, 3.8) is 0 Å². The fraction of sp³-hybridized carbons (Fsp3) is 0.214. The molecule has 1 aliphatic rings. The number of benzene rings is 1. The van der Waals surface area contributed by atoms with E-state index in [1.807, 2.05) is 46.5 Å². The second-order valence-corrected chi connectivity index (χ2v) is 4.32. The lowest BCUT2D eigenvalue weighted by atomic mass is 10.2. The summed E-state index contributed by atoms with van der Waals surface area (Å²) < 4.78 is 0. The average Bonchev–Trinajstić information content (AvgIpc) is 2.96. The topological polar surface area (TPSA) is 44.1 Å². The molecule has 0 N–H and O–H groups in total. The van der Waals surface area contributed by atoms with Crippen molar-refractivity contribution in [1.29, 1.82) is 0 Å². The first-order valence-corrected chi connectivity index (χ1v) is 6.21. The summed E-state index contributed by atoms with van der Waals surface area (Å²) in [5.41, 5.74) is 2.22. The van der Waals surface area contributed by atoms with Crippen molar-refractivity contribution in [2.24, 2.45) is 10.4 Å². The van der Waals surface area contributed by atoms with Gasteiger partial charge in [-0.15, -0.1) is 0 Å². The summed E-state index contributed by atoms with van der Waals surface area (Å²) in [7, 11) is 0. The summed E-state index contributed by atoms with van der Waals surface area (Å²) >= 11 is 0. The maximum Gasteiger partial charge on any atom is 0.132 e.